The average Bonchev–Trinajstić information content (AvgIpc) is 3.18. The van der Waals surface area contributed by atoms with Crippen LogP contribution < -0.4 is 10.2 Å². The minimum Gasteiger partial charge on any atom is -0.507 e. The van der Waals surface area contributed by atoms with Gasteiger partial charge in [0.25, 0.3) is 5.91 Å². The summed E-state index contributed by atoms with van der Waals surface area (Å²) >= 11 is 1.31. The molecule has 1 aromatic heterocycles. The van der Waals surface area contributed by atoms with Gasteiger partial charge >= 0.3 is 5.97 Å². The van der Waals surface area contributed by atoms with Gasteiger partial charge in [0.05, 0.1) is 11.8 Å². The second kappa shape index (κ2) is 8.09. The number of nitrogens with one attached hydrogen (secondary N) is 1. The van der Waals surface area contributed by atoms with Crippen molar-refractivity contribution in [3.8, 4) is 11.5 Å². The minimum atomic E-state index is -0.513. The van der Waals surface area contributed by atoms with Gasteiger partial charge in [0.2, 0.25) is 0 Å². The van der Waals surface area contributed by atoms with Crippen molar-refractivity contribution < 1.29 is 19.4 Å². The molecule has 0 aliphatic rings. The summed E-state index contributed by atoms with van der Waals surface area (Å²) in [5.74, 6) is -0.617. The molecular formula is C19H14N2O4S. The van der Waals surface area contributed by atoms with Crippen LogP contribution in [0, 0.1) is 0 Å². The zero-order chi connectivity index (χ0) is 18.4. The van der Waals surface area contributed by atoms with Gasteiger partial charge in [-0.3, -0.25) is 4.79 Å². The fourth-order valence-electron chi connectivity index (χ4n) is 2.07. The Morgan fingerprint density at radius 1 is 1.04 bits per heavy atom. The molecular weight excluding hydrogens is 352 g/mol. The lowest BCUT2D eigenvalue weighted by molar-refractivity contribution is 0.0739. The number of carbonyl (C=O) groups is 2. The van der Waals surface area contributed by atoms with Crippen molar-refractivity contribution in [1.29, 1.82) is 0 Å². The van der Waals surface area contributed by atoms with E-state index in [2.05, 4.69) is 10.5 Å². The fraction of sp³-hybridized carbons (Fsp3) is 0. The molecule has 7 heteroatoms. The summed E-state index contributed by atoms with van der Waals surface area (Å²) in [6.07, 6.45) is 1.45. The molecule has 26 heavy (non-hydrogen) atoms. The Hall–Kier alpha value is -3.45. The number of esters is 1. The Labute approximate surface area is 153 Å². The molecule has 0 radical (unpaired) electrons. The number of amides is 1. The number of aromatic hydroxyl groups is 1. The van der Waals surface area contributed by atoms with Crippen LogP contribution >= 0.6 is 11.3 Å². The molecule has 6 nitrogen and oxygen atoms in total. The molecule has 2 aromatic carbocycles. The highest BCUT2D eigenvalue weighted by Crippen LogP contribution is 2.16. The number of para-hydroxylation sites is 1. The van der Waals surface area contributed by atoms with E-state index in [1.54, 1.807) is 53.9 Å². The van der Waals surface area contributed by atoms with E-state index in [0.29, 0.717) is 16.2 Å². The van der Waals surface area contributed by atoms with Crippen molar-refractivity contribution in [3.05, 3.63) is 82.0 Å². The number of hydrogen-bond donors (Lipinski definition) is 2. The summed E-state index contributed by atoms with van der Waals surface area (Å²) in [7, 11) is 0. The van der Waals surface area contributed by atoms with Gasteiger partial charge in [-0.2, -0.15) is 5.10 Å². The topological polar surface area (TPSA) is 88.0 Å². The highest BCUT2D eigenvalue weighted by molar-refractivity contribution is 7.12. The summed E-state index contributed by atoms with van der Waals surface area (Å²) in [6, 6.07) is 16.4. The normalized spacial score (nSPS) is 10.6. The van der Waals surface area contributed by atoms with E-state index < -0.39 is 11.9 Å². The molecule has 0 saturated heterocycles. The second-order valence-corrected chi connectivity index (χ2v) is 6.10. The van der Waals surface area contributed by atoms with Crippen LogP contribution in [0.25, 0.3) is 0 Å². The second-order valence-electron chi connectivity index (χ2n) is 5.15. The standard InChI is InChI=1S/C19H14N2O4S/c22-16-5-2-1-4-15(16)18(23)21-20-12-13-7-9-14(10-8-13)25-19(24)17-6-3-11-26-17/h1-12,22H,(H,21,23). The summed E-state index contributed by atoms with van der Waals surface area (Å²) in [6.45, 7) is 0. The molecule has 0 aliphatic carbocycles. The number of carbonyl (C=O) groups excluding carboxylic acids is 2. The number of ether oxygens (including phenoxy) is 1. The Bertz CT molecular complexity index is 934. The first-order valence-electron chi connectivity index (χ1n) is 7.60. The molecule has 0 bridgehead atoms. The van der Waals surface area contributed by atoms with Gasteiger partial charge in [-0.05, 0) is 53.4 Å². The number of benzene rings is 2. The first kappa shape index (κ1) is 17.4. The molecule has 0 fully saturated rings. The first-order chi connectivity index (χ1) is 12.6. The predicted octanol–water partition coefficient (Wildman–Crippen LogP) is 3.44. The Balaban J connectivity index is 1.57. The molecule has 0 unspecified atom stereocenters. The number of rotatable bonds is 5. The Morgan fingerprint density at radius 3 is 2.50 bits per heavy atom. The van der Waals surface area contributed by atoms with E-state index in [-0.39, 0.29) is 11.3 Å². The van der Waals surface area contributed by atoms with Crippen LogP contribution in [0.5, 0.6) is 11.5 Å². The Kier molecular flexibility index (Phi) is 5.40. The van der Waals surface area contributed by atoms with E-state index in [1.165, 1.54) is 29.7 Å². The van der Waals surface area contributed by atoms with Crippen molar-refractivity contribution in [2.24, 2.45) is 5.10 Å². The van der Waals surface area contributed by atoms with E-state index in [1.807, 2.05) is 0 Å². The maximum Gasteiger partial charge on any atom is 0.353 e. The van der Waals surface area contributed by atoms with E-state index in [4.69, 9.17) is 4.74 Å². The van der Waals surface area contributed by atoms with Crippen LogP contribution in [0.1, 0.15) is 25.6 Å². The molecule has 1 heterocycles. The largest absolute Gasteiger partial charge is 0.507 e. The molecule has 3 aromatic rings. The van der Waals surface area contributed by atoms with Crippen molar-refractivity contribution in [2.45, 2.75) is 0 Å². The van der Waals surface area contributed by atoms with Crippen molar-refractivity contribution in [2.75, 3.05) is 0 Å². The Morgan fingerprint density at radius 2 is 1.81 bits per heavy atom. The monoisotopic (exact) mass is 366 g/mol. The SMILES string of the molecule is O=C(Oc1ccc(C=NNC(=O)c2ccccc2O)cc1)c1cccs1. The van der Waals surface area contributed by atoms with E-state index in [0.717, 1.165) is 0 Å². The van der Waals surface area contributed by atoms with Gasteiger partial charge in [0.15, 0.2) is 0 Å². The predicted molar refractivity (Wildman–Crippen MR) is 98.9 cm³/mol. The number of phenolic OH excluding ortho intramolecular Hbond substituents is 1. The number of nitrogens with zero attached hydrogens (tertiary/aromatic N) is 1. The highest BCUT2D eigenvalue weighted by atomic mass is 32.1. The quantitative estimate of drug-likeness (QED) is 0.313. The lowest BCUT2D eigenvalue weighted by Gasteiger charge is -2.03. The number of hydrazone groups is 1. The molecule has 0 atom stereocenters. The summed E-state index contributed by atoms with van der Waals surface area (Å²) in [4.78, 5) is 24.3. The van der Waals surface area contributed by atoms with E-state index >= 15 is 0 Å². The van der Waals surface area contributed by atoms with Gasteiger partial charge in [0.1, 0.15) is 16.4 Å². The van der Waals surface area contributed by atoms with Crippen LogP contribution in [0.3, 0.4) is 0 Å². The number of hydrogen-bond acceptors (Lipinski definition) is 6. The zero-order valence-electron chi connectivity index (χ0n) is 13.5. The molecule has 0 aliphatic heterocycles. The summed E-state index contributed by atoms with van der Waals surface area (Å²) in [5.41, 5.74) is 3.19. The van der Waals surface area contributed by atoms with Gasteiger partial charge in [-0.15, -0.1) is 11.3 Å². The van der Waals surface area contributed by atoms with Crippen LogP contribution in [0.2, 0.25) is 0 Å². The smallest absolute Gasteiger partial charge is 0.353 e. The average molecular weight is 366 g/mol. The zero-order valence-corrected chi connectivity index (χ0v) is 14.3. The summed E-state index contributed by atoms with van der Waals surface area (Å²) < 4.78 is 5.26. The van der Waals surface area contributed by atoms with Crippen molar-refractivity contribution in [1.82, 2.24) is 5.43 Å². The molecule has 3 rings (SSSR count). The van der Waals surface area contributed by atoms with Gasteiger partial charge in [0, 0.05) is 0 Å². The van der Waals surface area contributed by atoms with Crippen LogP contribution in [0.4, 0.5) is 0 Å². The molecule has 0 spiro atoms. The molecule has 0 saturated carbocycles. The summed E-state index contributed by atoms with van der Waals surface area (Å²) in [5, 5.41) is 15.3. The number of thiophene rings is 1. The highest BCUT2D eigenvalue weighted by Gasteiger charge is 2.10. The van der Waals surface area contributed by atoms with E-state index in [9.17, 15) is 14.7 Å². The van der Waals surface area contributed by atoms with Crippen molar-refractivity contribution >= 4 is 29.4 Å². The van der Waals surface area contributed by atoms with Crippen LogP contribution in [-0.2, 0) is 0 Å². The molecule has 2 N–H and O–H groups in total. The third-order valence-corrected chi connectivity index (χ3v) is 4.19. The van der Waals surface area contributed by atoms with Gasteiger partial charge in [-0.25, -0.2) is 10.2 Å². The molecule has 1 amide bonds. The number of phenols is 1. The third-order valence-electron chi connectivity index (χ3n) is 3.34. The maximum absolute atomic E-state index is 11.9. The maximum atomic E-state index is 11.9. The lowest BCUT2D eigenvalue weighted by Crippen LogP contribution is -2.17. The lowest BCUT2D eigenvalue weighted by atomic mass is 10.2. The first-order valence-corrected chi connectivity index (χ1v) is 8.48. The van der Waals surface area contributed by atoms with Crippen molar-refractivity contribution in [3.63, 3.8) is 0 Å². The van der Waals surface area contributed by atoms with Gasteiger partial charge < -0.3 is 9.84 Å². The van der Waals surface area contributed by atoms with Gasteiger partial charge in [-0.1, -0.05) is 18.2 Å². The fourth-order valence-corrected chi connectivity index (χ4v) is 2.66. The van der Waals surface area contributed by atoms with Crippen LogP contribution in [0.15, 0.2) is 71.1 Å². The van der Waals surface area contributed by atoms with Crippen LogP contribution in [-0.4, -0.2) is 23.2 Å². The third kappa shape index (κ3) is 4.34. The minimum absolute atomic E-state index is 0.114. The molecule has 130 valence electrons.